The van der Waals surface area contributed by atoms with Gasteiger partial charge in [0.15, 0.2) is 0 Å². The van der Waals surface area contributed by atoms with Gasteiger partial charge in [0.2, 0.25) is 6.29 Å². The van der Waals surface area contributed by atoms with Gasteiger partial charge in [-0.2, -0.15) is 0 Å². The molecule has 2 aromatic rings. The lowest BCUT2D eigenvalue weighted by Gasteiger charge is -2.39. The highest BCUT2D eigenvalue weighted by Crippen LogP contribution is 2.33. The minimum Gasteiger partial charge on any atom is -0.481 e. The summed E-state index contributed by atoms with van der Waals surface area (Å²) >= 11 is 0. The number of ether oxygens (including phenoxy) is 3. The van der Waals surface area contributed by atoms with E-state index in [2.05, 4.69) is 5.32 Å². The summed E-state index contributed by atoms with van der Waals surface area (Å²) in [6.45, 7) is 0.999. The van der Waals surface area contributed by atoms with Crippen molar-refractivity contribution in [3.05, 3.63) is 54.1 Å². The summed E-state index contributed by atoms with van der Waals surface area (Å²) in [5.74, 6) is -2.54. The van der Waals surface area contributed by atoms with Crippen LogP contribution in [0.1, 0.15) is 23.7 Å². The van der Waals surface area contributed by atoms with E-state index in [-0.39, 0.29) is 17.9 Å². The van der Waals surface area contributed by atoms with E-state index in [9.17, 15) is 34.8 Å². The van der Waals surface area contributed by atoms with Crippen molar-refractivity contribution in [3.8, 4) is 16.9 Å². The third-order valence-electron chi connectivity index (χ3n) is 5.69. The molecule has 1 aliphatic rings. The summed E-state index contributed by atoms with van der Waals surface area (Å²) in [7, 11) is 0. The number of carbonyl (C=O) groups is 3. The van der Waals surface area contributed by atoms with Gasteiger partial charge in [0.25, 0.3) is 5.91 Å². The number of hydrogen-bond donors (Lipinski definition) is 6. The Labute approximate surface area is 212 Å². The number of aliphatic hydroxyl groups is 4. The van der Waals surface area contributed by atoms with Gasteiger partial charge in [0.05, 0.1) is 19.6 Å². The Bertz CT molecular complexity index is 1090. The van der Waals surface area contributed by atoms with E-state index in [0.717, 1.165) is 0 Å². The molecule has 1 saturated heterocycles. The Morgan fingerprint density at radius 2 is 1.68 bits per heavy atom. The number of benzene rings is 2. The lowest BCUT2D eigenvalue weighted by molar-refractivity contribution is -0.277. The van der Waals surface area contributed by atoms with Gasteiger partial charge in [0, 0.05) is 11.1 Å². The molecule has 200 valence electrons. The van der Waals surface area contributed by atoms with Crippen LogP contribution in [0.25, 0.3) is 11.1 Å². The average molecular weight is 520 g/mol. The molecule has 1 aliphatic heterocycles. The zero-order valence-electron chi connectivity index (χ0n) is 19.9. The highest BCUT2D eigenvalue weighted by atomic mass is 16.7. The van der Waals surface area contributed by atoms with Gasteiger partial charge in [-0.1, -0.05) is 30.3 Å². The SMILES string of the molecule is CCOC(=O)C(CC(=O)O)NC(=O)c1ccc(-c2ccccc2O[C@H]2O[C@H](CO)[C@@H](O)[C@H](O)[C@@H]2O)cc1. The van der Waals surface area contributed by atoms with Crippen LogP contribution in [-0.2, 0) is 19.1 Å². The fourth-order valence-electron chi connectivity index (χ4n) is 3.75. The van der Waals surface area contributed by atoms with Gasteiger partial charge in [-0.05, 0) is 30.7 Å². The third-order valence-corrected chi connectivity index (χ3v) is 5.69. The van der Waals surface area contributed by atoms with Gasteiger partial charge >= 0.3 is 11.9 Å². The Balaban J connectivity index is 1.77. The van der Waals surface area contributed by atoms with Gasteiger partial charge < -0.3 is 45.1 Å². The smallest absolute Gasteiger partial charge is 0.329 e. The molecule has 1 unspecified atom stereocenters. The van der Waals surface area contributed by atoms with E-state index in [4.69, 9.17) is 19.3 Å². The summed E-state index contributed by atoms with van der Waals surface area (Å²) in [5.41, 5.74) is 1.31. The van der Waals surface area contributed by atoms with Gasteiger partial charge in [0.1, 0.15) is 36.2 Å². The maximum atomic E-state index is 12.6. The molecular weight excluding hydrogens is 490 g/mol. The Morgan fingerprint density at radius 3 is 2.30 bits per heavy atom. The van der Waals surface area contributed by atoms with Crippen LogP contribution in [0.15, 0.2) is 48.5 Å². The van der Waals surface area contributed by atoms with Crippen LogP contribution in [0.4, 0.5) is 0 Å². The van der Waals surface area contributed by atoms with Crippen molar-refractivity contribution >= 4 is 17.8 Å². The van der Waals surface area contributed by atoms with E-state index >= 15 is 0 Å². The van der Waals surface area contributed by atoms with Crippen LogP contribution in [0.3, 0.4) is 0 Å². The topological polar surface area (TPSA) is 192 Å². The van der Waals surface area contributed by atoms with E-state index in [1.807, 2.05) is 0 Å². The molecule has 2 aromatic carbocycles. The van der Waals surface area contributed by atoms with Crippen LogP contribution < -0.4 is 10.1 Å². The molecular formula is C25H29NO11. The quantitative estimate of drug-likeness (QED) is 0.225. The summed E-state index contributed by atoms with van der Waals surface area (Å²) in [5, 5.41) is 51.0. The number of rotatable bonds is 10. The maximum absolute atomic E-state index is 12.6. The number of amides is 1. The largest absolute Gasteiger partial charge is 0.481 e. The molecule has 0 bridgehead atoms. The van der Waals surface area contributed by atoms with Crippen LogP contribution in [0.2, 0.25) is 0 Å². The number of carboxylic acid groups (broad SMARTS) is 1. The highest BCUT2D eigenvalue weighted by Gasteiger charge is 2.44. The molecule has 6 N–H and O–H groups in total. The van der Waals surface area contributed by atoms with Crippen molar-refractivity contribution in [1.82, 2.24) is 5.32 Å². The highest BCUT2D eigenvalue weighted by molar-refractivity contribution is 5.98. The molecule has 0 radical (unpaired) electrons. The first-order valence-electron chi connectivity index (χ1n) is 11.5. The number of nitrogens with one attached hydrogen (secondary N) is 1. The lowest BCUT2D eigenvalue weighted by atomic mass is 9.99. The van der Waals surface area contributed by atoms with Crippen molar-refractivity contribution in [2.24, 2.45) is 0 Å². The second kappa shape index (κ2) is 12.6. The first kappa shape index (κ1) is 28.0. The monoisotopic (exact) mass is 519 g/mol. The summed E-state index contributed by atoms with van der Waals surface area (Å²) in [4.78, 5) is 35.7. The predicted octanol–water partition coefficient (Wildman–Crippen LogP) is -0.331. The van der Waals surface area contributed by atoms with E-state index in [0.29, 0.717) is 11.1 Å². The summed E-state index contributed by atoms with van der Waals surface area (Å²) in [6, 6.07) is 11.5. The molecule has 0 saturated carbocycles. The molecule has 0 spiro atoms. The number of para-hydroxylation sites is 1. The van der Waals surface area contributed by atoms with Crippen LogP contribution >= 0.6 is 0 Å². The molecule has 37 heavy (non-hydrogen) atoms. The standard InChI is InChI=1S/C25H29NO11/c1-2-35-24(34)16(11-19(28)29)26-23(33)14-9-7-13(8-10-14)15-5-3-4-6-17(15)36-25-22(32)21(31)20(30)18(12-27)37-25/h3-10,16,18,20-22,25,27,30-32H,2,11-12H2,1H3,(H,26,33)(H,28,29)/t16?,18-,20-,21+,22+,25+/m1/s1. The van der Waals surface area contributed by atoms with E-state index in [1.54, 1.807) is 43.3 Å². The average Bonchev–Trinajstić information content (AvgIpc) is 2.89. The van der Waals surface area contributed by atoms with Crippen LogP contribution in [-0.4, -0.2) is 93.3 Å². The van der Waals surface area contributed by atoms with Gasteiger partial charge in [-0.25, -0.2) is 4.79 Å². The first-order chi connectivity index (χ1) is 17.7. The Morgan fingerprint density at radius 1 is 1.00 bits per heavy atom. The Hall–Kier alpha value is -3.55. The second-order valence-corrected chi connectivity index (χ2v) is 8.26. The van der Waals surface area contributed by atoms with Crippen LogP contribution in [0, 0.1) is 0 Å². The molecule has 0 aromatic heterocycles. The second-order valence-electron chi connectivity index (χ2n) is 8.26. The van der Waals surface area contributed by atoms with Gasteiger partial charge in [-0.15, -0.1) is 0 Å². The predicted molar refractivity (Wildman–Crippen MR) is 126 cm³/mol. The van der Waals surface area contributed by atoms with Crippen molar-refractivity contribution in [1.29, 1.82) is 0 Å². The summed E-state index contributed by atoms with van der Waals surface area (Å²) in [6.07, 6.45) is -7.85. The van der Waals surface area contributed by atoms with Crippen molar-refractivity contribution in [3.63, 3.8) is 0 Å². The van der Waals surface area contributed by atoms with Crippen molar-refractivity contribution in [2.75, 3.05) is 13.2 Å². The van der Waals surface area contributed by atoms with Crippen molar-refractivity contribution < 1.29 is 54.1 Å². The number of hydrogen-bond acceptors (Lipinski definition) is 10. The third kappa shape index (κ3) is 6.81. The molecule has 12 heteroatoms. The first-order valence-corrected chi connectivity index (χ1v) is 11.5. The number of esters is 1. The molecule has 12 nitrogen and oxygen atoms in total. The van der Waals surface area contributed by atoms with Gasteiger partial charge in [-0.3, -0.25) is 9.59 Å². The minimum absolute atomic E-state index is 0.0319. The lowest BCUT2D eigenvalue weighted by Crippen LogP contribution is -2.60. The molecule has 3 rings (SSSR count). The molecule has 1 heterocycles. The number of carboxylic acids is 1. The normalized spacial score (nSPS) is 24.1. The van der Waals surface area contributed by atoms with E-state index < -0.39 is 67.6 Å². The minimum atomic E-state index is -1.60. The van der Waals surface area contributed by atoms with Crippen molar-refractivity contribution in [2.45, 2.75) is 50.1 Å². The number of aliphatic carboxylic acids is 1. The fourth-order valence-corrected chi connectivity index (χ4v) is 3.75. The molecule has 6 atom stereocenters. The number of carbonyl (C=O) groups excluding carboxylic acids is 2. The maximum Gasteiger partial charge on any atom is 0.329 e. The molecule has 0 aliphatic carbocycles. The number of aliphatic hydroxyl groups excluding tert-OH is 4. The van der Waals surface area contributed by atoms with E-state index in [1.165, 1.54) is 12.1 Å². The molecule has 1 fully saturated rings. The molecule has 1 amide bonds. The fraction of sp³-hybridized carbons (Fsp3) is 0.400. The Kier molecular flexibility index (Phi) is 9.55. The summed E-state index contributed by atoms with van der Waals surface area (Å²) < 4.78 is 16.0. The van der Waals surface area contributed by atoms with Crippen LogP contribution in [0.5, 0.6) is 5.75 Å². The zero-order valence-corrected chi connectivity index (χ0v) is 19.9. The zero-order chi connectivity index (χ0) is 27.1.